The molecule has 2 aromatic rings. The van der Waals surface area contributed by atoms with Crippen molar-refractivity contribution in [2.75, 3.05) is 22.9 Å². The van der Waals surface area contributed by atoms with Crippen molar-refractivity contribution >= 4 is 40.5 Å². The van der Waals surface area contributed by atoms with Crippen molar-refractivity contribution in [2.45, 2.75) is 63.8 Å². The van der Waals surface area contributed by atoms with Gasteiger partial charge in [-0.15, -0.1) is 10.2 Å². The Morgan fingerprint density at radius 2 is 2.00 bits per heavy atom. The van der Waals surface area contributed by atoms with Crippen LogP contribution in [0.4, 0.5) is 11.5 Å². The Bertz CT molecular complexity index is 936. The van der Waals surface area contributed by atoms with Gasteiger partial charge in [-0.25, -0.2) is 4.79 Å². The summed E-state index contributed by atoms with van der Waals surface area (Å²) in [4.78, 5) is 41.2. The zero-order valence-electron chi connectivity index (χ0n) is 17.1. The van der Waals surface area contributed by atoms with Crippen molar-refractivity contribution < 1.29 is 4.79 Å². The van der Waals surface area contributed by atoms with Crippen molar-refractivity contribution in [3.8, 4) is 0 Å². The average Bonchev–Trinajstić information content (AvgIpc) is 3.09. The molecule has 1 amide bonds. The zero-order chi connectivity index (χ0) is 21.4. The summed E-state index contributed by atoms with van der Waals surface area (Å²) < 4.78 is 2.22. The quantitative estimate of drug-likeness (QED) is 0.406. The lowest BCUT2D eigenvalue weighted by Crippen LogP contribution is -2.41. The number of thioether (sulfide) groups is 1. The highest BCUT2D eigenvalue weighted by atomic mass is 32.2. The average molecular weight is 441 g/mol. The summed E-state index contributed by atoms with van der Waals surface area (Å²) in [5.41, 5.74) is 5.06. The Labute approximate surface area is 177 Å². The summed E-state index contributed by atoms with van der Waals surface area (Å²) in [5, 5.41) is 8.93. The van der Waals surface area contributed by atoms with Gasteiger partial charge in [0, 0.05) is 25.3 Å². The third kappa shape index (κ3) is 6.17. The van der Waals surface area contributed by atoms with Crippen LogP contribution in [0.5, 0.6) is 0 Å². The van der Waals surface area contributed by atoms with Gasteiger partial charge in [-0.3, -0.25) is 19.1 Å². The van der Waals surface area contributed by atoms with E-state index in [0.717, 1.165) is 27.9 Å². The number of aromatic nitrogens is 4. The topological polar surface area (TPSA) is 127 Å². The molecule has 0 saturated carbocycles. The van der Waals surface area contributed by atoms with E-state index in [9.17, 15) is 14.4 Å². The Kier molecular flexibility index (Phi) is 8.90. The summed E-state index contributed by atoms with van der Waals surface area (Å²) in [7, 11) is 0. The Hall–Kier alpha value is -2.14. The number of rotatable bonds is 11. The van der Waals surface area contributed by atoms with Crippen LogP contribution in [-0.4, -0.2) is 38.0 Å². The molecule has 2 rings (SSSR count). The molecule has 0 unspecified atom stereocenters. The van der Waals surface area contributed by atoms with Crippen LogP contribution in [-0.2, 0) is 11.3 Å². The lowest BCUT2D eigenvalue weighted by Gasteiger charge is -2.24. The van der Waals surface area contributed by atoms with Gasteiger partial charge in [0.05, 0.1) is 0 Å². The molecule has 29 heavy (non-hydrogen) atoms. The minimum Gasteiger partial charge on any atom is -0.383 e. The molecule has 9 nitrogen and oxygen atoms in total. The van der Waals surface area contributed by atoms with E-state index < -0.39 is 11.2 Å². The van der Waals surface area contributed by atoms with Gasteiger partial charge in [0.15, 0.2) is 10.0 Å². The highest BCUT2D eigenvalue weighted by Gasteiger charge is 2.23. The largest absolute Gasteiger partial charge is 0.383 e. The van der Waals surface area contributed by atoms with Gasteiger partial charge in [-0.1, -0.05) is 43.4 Å². The van der Waals surface area contributed by atoms with Gasteiger partial charge in [0.1, 0.15) is 10.8 Å². The monoisotopic (exact) mass is 440 g/mol. The molecule has 0 aromatic carbocycles. The number of H-pyrrole nitrogens is 1. The molecule has 2 heterocycles. The number of anilines is 2. The first-order valence-electron chi connectivity index (χ1n) is 9.74. The van der Waals surface area contributed by atoms with Crippen molar-refractivity contribution in [3.05, 3.63) is 25.8 Å². The van der Waals surface area contributed by atoms with E-state index in [2.05, 4.69) is 15.2 Å². The van der Waals surface area contributed by atoms with E-state index in [-0.39, 0.29) is 23.8 Å². The van der Waals surface area contributed by atoms with Gasteiger partial charge in [0.2, 0.25) is 5.91 Å². The molecule has 0 aliphatic heterocycles. The van der Waals surface area contributed by atoms with Crippen LogP contribution in [0.3, 0.4) is 0 Å². The van der Waals surface area contributed by atoms with Crippen molar-refractivity contribution in [2.24, 2.45) is 0 Å². The number of hydrogen-bond acceptors (Lipinski definition) is 8. The third-order valence-corrected chi connectivity index (χ3v) is 6.29. The van der Waals surface area contributed by atoms with Crippen LogP contribution in [0.2, 0.25) is 0 Å². The number of carbonyl (C=O) groups is 1. The van der Waals surface area contributed by atoms with Gasteiger partial charge < -0.3 is 10.6 Å². The summed E-state index contributed by atoms with van der Waals surface area (Å²) in [5.74, 6) is 0.592. The lowest BCUT2D eigenvalue weighted by molar-refractivity contribution is -0.118. The maximum Gasteiger partial charge on any atom is 0.330 e. The molecule has 0 radical (unpaired) electrons. The molecule has 0 saturated heterocycles. The maximum absolute atomic E-state index is 12.9. The maximum atomic E-state index is 12.9. The fourth-order valence-corrected chi connectivity index (χ4v) is 4.64. The first-order chi connectivity index (χ1) is 13.9. The summed E-state index contributed by atoms with van der Waals surface area (Å²) in [6, 6.07) is 0. The first kappa shape index (κ1) is 23.1. The van der Waals surface area contributed by atoms with E-state index >= 15 is 0 Å². The van der Waals surface area contributed by atoms with Gasteiger partial charge >= 0.3 is 5.69 Å². The second kappa shape index (κ2) is 11.1. The molecular formula is C18H28N6O3S2. The first-order valence-corrected chi connectivity index (χ1v) is 11.5. The number of nitrogens with one attached hydrogen (secondary N) is 1. The van der Waals surface area contributed by atoms with Crippen molar-refractivity contribution in [1.29, 1.82) is 0 Å². The van der Waals surface area contributed by atoms with Crippen LogP contribution in [0.1, 0.15) is 51.0 Å². The summed E-state index contributed by atoms with van der Waals surface area (Å²) in [6.45, 7) is 6.58. The van der Waals surface area contributed by atoms with E-state index in [0.29, 0.717) is 25.9 Å². The van der Waals surface area contributed by atoms with Crippen LogP contribution < -0.4 is 21.9 Å². The predicted octanol–water partition coefficient (Wildman–Crippen LogP) is 2.39. The number of nitrogens with zero attached hydrogens (tertiary/aromatic N) is 4. The number of unbranched alkanes of at least 4 members (excludes halogenated alkanes) is 1. The number of nitrogens with two attached hydrogens (primary N) is 1. The molecule has 0 spiro atoms. The number of aromatic amines is 1. The Morgan fingerprint density at radius 1 is 1.24 bits per heavy atom. The van der Waals surface area contributed by atoms with Gasteiger partial charge in [-0.05, 0) is 26.2 Å². The third-order valence-electron chi connectivity index (χ3n) is 4.24. The SMILES string of the molecule is CCCCn1c(N)c(N(CCC)C(=O)CCCSc2nnc(C)s2)c(=O)[nH]c1=O. The summed E-state index contributed by atoms with van der Waals surface area (Å²) in [6.07, 6.45) is 3.20. The minimum absolute atomic E-state index is 0.0488. The standard InChI is InChI=1S/C18H28N6O3S2/c1-4-6-10-24-15(19)14(16(26)20-17(24)27)23(9-5-2)13(25)8-7-11-28-18-22-21-12(3)29-18/h4-11,19H2,1-3H3,(H,20,26,27). The smallest absolute Gasteiger partial charge is 0.330 e. The normalized spacial score (nSPS) is 11.0. The second-order valence-corrected chi connectivity index (χ2v) is 9.11. The highest BCUT2D eigenvalue weighted by molar-refractivity contribution is 8.01. The van der Waals surface area contributed by atoms with Crippen LogP contribution in [0, 0.1) is 6.92 Å². The number of carbonyl (C=O) groups excluding carboxylic acids is 1. The Morgan fingerprint density at radius 3 is 2.62 bits per heavy atom. The van der Waals surface area contributed by atoms with Gasteiger partial charge in [0.25, 0.3) is 5.56 Å². The number of nitrogen functional groups attached to an aromatic ring is 1. The Balaban J connectivity index is 2.13. The van der Waals surface area contributed by atoms with Gasteiger partial charge in [-0.2, -0.15) is 0 Å². The van der Waals surface area contributed by atoms with E-state index in [1.165, 1.54) is 20.8 Å². The molecule has 0 atom stereocenters. The van der Waals surface area contributed by atoms with Crippen LogP contribution in [0.15, 0.2) is 13.9 Å². The van der Waals surface area contributed by atoms with E-state index in [1.54, 1.807) is 11.8 Å². The van der Waals surface area contributed by atoms with E-state index in [1.807, 2.05) is 20.8 Å². The molecule has 0 bridgehead atoms. The molecule has 160 valence electrons. The number of amides is 1. The highest BCUT2D eigenvalue weighted by Crippen LogP contribution is 2.24. The molecule has 3 N–H and O–H groups in total. The molecule has 0 fully saturated rings. The lowest BCUT2D eigenvalue weighted by atomic mass is 10.2. The summed E-state index contributed by atoms with van der Waals surface area (Å²) >= 11 is 3.08. The fraction of sp³-hybridized carbons (Fsp3) is 0.611. The van der Waals surface area contributed by atoms with Crippen molar-refractivity contribution in [1.82, 2.24) is 19.7 Å². The molecule has 11 heteroatoms. The fourth-order valence-electron chi connectivity index (χ4n) is 2.82. The number of aryl methyl sites for hydroxylation is 1. The van der Waals surface area contributed by atoms with Crippen LogP contribution >= 0.6 is 23.1 Å². The molecule has 2 aromatic heterocycles. The molecule has 0 aliphatic rings. The zero-order valence-corrected chi connectivity index (χ0v) is 18.7. The predicted molar refractivity (Wildman–Crippen MR) is 118 cm³/mol. The second-order valence-electron chi connectivity index (χ2n) is 6.58. The minimum atomic E-state index is -0.624. The van der Waals surface area contributed by atoms with E-state index in [4.69, 9.17) is 5.73 Å². The molecular weight excluding hydrogens is 412 g/mol. The number of hydrogen-bond donors (Lipinski definition) is 2. The van der Waals surface area contributed by atoms with Crippen LogP contribution in [0.25, 0.3) is 0 Å². The van der Waals surface area contributed by atoms with Crippen molar-refractivity contribution in [3.63, 3.8) is 0 Å². The molecule has 0 aliphatic carbocycles.